The molecule has 0 N–H and O–H groups in total. The Hall–Kier alpha value is -1.82. The summed E-state index contributed by atoms with van der Waals surface area (Å²) in [5.74, 6) is -0.994. The normalized spacial score (nSPS) is 10.1. The van der Waals surface area contributed by atoms with Gasteiger partial charge in [0, 0.05) is 19.1 Å². The maximum atomic E-state index is 12.8. The summed E-state index contributed by atoms with van der Waals surface area (Å²) in [5.41, 5.74) is -0.196. The van der Waals surface area contributed by atoms with E-state index >= 15 is 0 Å². The number of Topliss-reactive ketones (excluding diaryl/α,β-unsaturated/α-hetero) is 1. The maximum Gasteiger partial charge on any atom is 0.275 e. The summed E-state index contributed by atoms with van der Waals surface area (Å²) in [5, 5.41) is 10.6. The van der Waals surface area contributed by atoms with Crippen LogP contribution in [0.5, 0.6) is 0 Å². The molecule has 0 aromatic heterocycles. The monoisotopic (exact) mass is 227 g/mol. The van der Waals surface area contributed by atoms with Crippen LogP contribution in [-0.2, 0) is 16.0 Å². The molecule has 0 atom stereocenters. The fourth-order valence-corrected chi connectivity index (χ4v) is 1.28. The molecule has 0 saturated heterocycles. The lowest BCUT2D eigenvalue weighted by Crippen LogP contribution is -2.11. The van der Waals surface area contributed by atoms with Gasteiger partial charge in [0.2, 0.25) is 0 Å². The molecule has 1 rings (SSSR count). The van der Waals surface area contributed by atoms with E-state index in [1.807, 2.05) is 0 Å². The fraction of sp³-hybridized carbons (Fsp3) is 0.300. The molecule has 0 radical (unpaired) electrons. The van der Waals surface area contributed by atoms with Crippen LogP contribution in [0, 0.1) is 15.9 Å². The molecule has 0 spiro atoms. The van der Waals surface area contributed by atoms with Crippen LogP contribution in [0.15, 0.2) is 18.2 Å². The van der Waals surface area contributed by atoms with Crippen molar-refractivity contribution in [2.24, 2.45) is 0 Å². The summed E-state index contributed by atoms with van der Waals surface area (Å²) < 4.78 is 17.4. The first-order chi connectivity index (χ1) is 7.54. The SMILES string of the molecule is COCC(=O)Cc1ccc(F)cc1[N+](=O)[O-]. The van der Waals surface area contributed by atoms with Gasteiger partial charge in [0.05, 0.1) is 11.0 Å². The average Bonchev–Trinajstić information content (AvgIpc) is 2.20. The molecule has 0 aliphatic rings. The number of hydrogen-bond acceptors (Lipinski definition) is 4. The molecule has 0 aliphatic heterocycles. The van der Waals surface area contributed by atoms with Crippen molar-refractivity contribution in [1.29, 1.82) is 0 Å². The number of methoxy groups -OCH3 is 1. The Morgan fingerprint density at radius 2 is 2.25 bits per heavy atom. The predicted octanol–water partition coefficient (Wildman–Crippen LogP) is 1.49. The Bertz CT molecular complexity index is 419. The van der Waals surface area contributed by atoms with E-state index in [9.17, 15) is 19.3 Å². The second kappa shape index (κ2) is 5.32. The molecule has 16 heavy (non-hydrogen) atoms. The van der Waals surface area contributed by atoms with Gasteiger partial charge in [-0.2, -0.15) is 0 Å². The van der Waals surface area contributed by atoms with Gasteiger partial charge in [-0.05, 0) is 12.1 Å². The van der Waals surface area contributed by atoms with Crippen molar-refractivity contribution in [3.05, 3.63) is 39.7 Å². The lowest BCUT2D eigenvalue weighted by atomic mass is 10.1. The number of ether oxygens (including phenoxy) is 1. The van der Waals surface area contributed by atoms with E-state index in [0.29, 0.717) is 0 Å². The Balaban J connectivity index is 2.95. The van der Waals surface area contributed by atoms with Gasteiger partial charge < -0.3 is 4.74 Å². The third-order valence-electron chi connectivity index (χ3n) is 1.94. The summed E-state index contributed by atoms with van der Waals surface area (Å²) in [7, 11) is 1.36. The predicted molar refractivity (Wildman–Crippen MR) is 53.6 cm³/mol. The Morgan fingerprint density at radius 1 is 1.56 bits per heavy atom. The van der Waals surface area contributed by atoms with E-state index in [-0.39, 0.29) is 30.1 Å². The molecule has 6 heteroatoms. The van der Waals surface area contributed by atoms with E-state index < -0.39 is 10.7 Å². The molecule has 0 heterocycles. The summed E-state index contributed by atoms with van der Waals surface area (Å²) in [4.78, 5) is 21.1. The largest absolute Gasteiger partial charge is 0.377 e. The second-order valence-electron chi connectivity index (χ2n) is 3.18. The minimum atomic E-state index is -0.710. The van der Waals surface area contributed by atoms with Crippen LogP contribution in [-0.4, -0.2) is 24.4 Å². The second-order valence-corrected chi connectivity index (χ2v) is 3.18. The van der Waals surface area contributed by atoms with Crippen LogP contribution in [0.3, 0.4) is 0 Å². The van der Waals surface area contributed by atoms with Crippen molar-refractivity contribution in [1.82, 2.24) is 0 Å². The molecule has 0 aliphatic carbocycles. The van der Waals surface area contributed by atoms with E-state index in [2.05, 4.69) is 4.74 Å². The quantitative estimate of drug-likeness (QED) is 0.564. The van der Waals surface area contributed by atoms with Gasteiger partial charge >= 0.3 is 0 Å². The highest BCUT2D eigenvalue weighted by Crippen LogP contribution is 2.20. The third kappa shape index (κ3) is 3.09. The van der Waals surface area contributed by atoms with E-state index in [4.69, 9.17) is 0 Å². The van der Waals surface area contributed by atoms with Crippen LogP contribution < -0.4 is 0 Å². The molecule has 0 amide bonds. The molecule has 0 bridgehead atoms. The third-order valence-corrected chi connectivity index (χ3v) is 1.94. The molecule has 0 unspecified atom stereocenters. The number of benzene rings is 1. The number of nitro benzene ring substituents is 1. The van der Waals surface area contributed by atoms with Crippen LogP contribution >= 0.6 is 0 Å². The molecule has 86 valence electrons. The lowest BCUT2D eigenvalue weighted by Gasteiger charge is -2.02. The van der Waals surface area contributed by atoms with Crippen LogP contribution in [0.25, 0.3) is 0 Å². The summed E-state index contributed by atoms with van der Waals surface area (Å²) >= 11 is 0. The van der Waals surface area contributed by atoms with Gasteiger partial charge in [-0.15, -0.1) is 0 Å². The number of rotatable bonds is 5. The van der Waals surface area contributed by atoms with Crippen molar-refractivity contribution in [3.63, 3.8) is 0 Å². The minimum Gasteiger partial charge on any atom is -0.377 e. The molecular formula is C10H10FNO4. The summed E-state index contributed by atoms with van der Waals surface area (Å²) in [6, 6.07) is 3.12. The van der Waals surface area contributed by atoms with Crippen molar-refractivity contribution in [2.75, 3.05) is 13.7 Å². The summed E-state index contributed by atoms with van der Waals surface area (Å²) in [6.45, 7) is -0.117. The topological polar surface area (TPSA) is 69.4 Å². The molecular weight excluding hydrogens is 217 g/mol. The van der Waals surface area contributed by atoms with E-state index in [1.165, 1.54) is 13.2 Å². The van der Waals surface area contributed by atoms with Crippen molar-refractivity contribution < 1.29 is 18.8 Å². The van der Waals surface area contributed by atoms with Gasteiger partial charge in [-0.3, -0.25) is 14.9 Å². The molecule has 0 fully saturated rings. The molecule has 1 aromatic rings. The Kier molecular flexibility index (Phi) is 4.07. The van der Waals surface area contributed by atoms with Crippen LogP contribution in [0.2, 0.25) is 0 Å². The number of nitro groups is 1. The highest BCUT2D eigenvalue weighted by Gasteiger charge is 2.17. The van der Waals surface area contributed by atoms with Crippen LogP contribution in [0.4, 0.5) is 10.1 Å². The number of carbonyl (C=O) groups excluding carboxylic acids is 1. The zero-order valence-electron chi connectivity index (χ0n) is 8.60. The number of carbonyl (C=O) groups is 1. The van der Waals surface area contributed by atoms with Crippen molar-refractivity contribution in [2.45, 2.75) is 6.42 Å². The van der Waals surface area contributed by atoms with Crippen LogP contribution in [0.1, 0.15) is 5.56 Å². The number of halogens is 1. The number of nitrogens with zero attached hydrogens (tertiary/aromatic N) is 1. The summed E-state index contributed by atoms with van der Waals surface area (Å²) in [6.07, 6.45) is -0.134. The molecule has 1 aromatic carbocycles. The zero-order valence-corrected chi connectivity index (χ0v) is 8.60. The van der Waals surface area contributed by atoms with E-state index in [1.54, 1.807) is 0 Å². The number of hydrogen-bond donors (Lipinski definition) is 0. The minimum absolute atomic E-state index is 0.117. The van der Waals surface area contributed by atoms with Gasteiger partial charge in [0.15, 0.2) is 5.78 Å². The Labute approximate surface area is 91.0 Å². The Morgan fingerprint density at radius 3 is 2.81 bits per heavy atom. The first-order valence-electron chi connectivity index (χ1n) is 4.48. The van der Waals surface area contributed by atoms with Crippen molar-refractivity contribution >= 4 is 11.5 Å². The fourth-order valence-electron chi connectivity index (χ4n) is 1.28. The maximum absolute atomic E-state index is 12.8. The van der Waals surface area contributed by atoms with Gasteiger partial charge in [0.25, 0.3) is 5.69 Å². The van der Waals surface area contributed by atoms with Gasteiger partial charge in [0.1, 0.15) is 12.4 Å². The average molecular weight is 227 g/mol. The molecule has 5 nitrogen and oxygen atoms in total. The molecule has 0 saturated carbocycles. The smallest absolute Gasteiger partial charge is 0.275 e. The van der Waals surface area contributed by atoms with Gasteiger partial charge in [-0.1, -0.05) is 0 Å². The standard InChI is InChI=1S/C10H10FNO4/c1-16-6-9(13)4-7-2-3-8(11)5-10(7)12(14)15/h2-3,5H,4,6H2,1H3. The van der Waals surface area contributed by atoms with Gasteiger partial charge in [-0.25, -0.2) is 4.39 Å². The highest BCUT2D eigenvalue weighted by atomic mass is 19.1. The van der Waals surface area contributed by atoms with Crippen molar-refractivity contribution in [3.8, 4) is 0 Å². The zero-order chi connectivity index (χ0) is 12.1. The first kappa shape index (κ1) is 12.3. The number of ketones is 1. The first-order valence-corrected chi connectivity index (χ1v) is 4.48. The highest BCUT2D eigenvalue weighted by molar-refractivity contribution is 5.83. The lowest BCUT2D eigenvalue weighted by molar-refractivity contribution is -0.385. The van der Waals surface area contributed by atoms with E-state index in [0.717, 1.165) is 12.1 Å².